The maximum atomic E-state index is 12.6. The summed E-state index contributed by atoms with van der Waals surface area (Å²) in [6.45, 7) is 3.13. The minimum Gasteiger partial charge on any atom is -0.502 e. The number of ether oxygens (including phenoxy) is 2. The van der Waals surface area contributed by atoms with E-state index >= 15 is 0 Å². The number of para-hydroxylation sites is 1. The van der Waals surface area contributed by atoms with Crippen molar-refractivity contribution in [1.82, 2.24) is 16.1 Å². The summed E-state index contributed by atoms with van der Waals surface area (Å²) in [6, 6.07) is 8.34. The third kappa shape index (κ3) is 6.71. The number of nitrogens with one attached hydrogen (secondary N) is 3. The molecule has 1 heterocycles. The zero-order chi connectivity index (χ0) is 27.1. The minimum absolute atomic E-state index is 0.00898. The molecule has 2 aromatic carbocycles. The van der Waals surface area contributed by atoms with E-state index in [0.29, 0.717) is 27.7 Å². The van der Waals surface area contributed by atoms with Gasteiger partial charge in [-0.1, -0.05) is 29.8 Å². The maximum Gasteiger partial charge on any atom is 0.338 e. The molecule has 0 aliphatic carbocycles. The molecule has 1 atom stereocenters. The Kier molecular flexibility index (Phi) is 8.98. The summed E-state index contributed by atoms with van der Waals surface area (Å²) in [5, 5.41) is 31.0. The standard InChI is InChI=1S/C23H22ClN5O7S/c1-3-35-22(32)19-12(2)26-23(37)27-20(19)15-6-4-5-7-17(15)36-11-18(30)28-25-10-13-8-14(24)9-16(21(13)31)29(33)34/h4-10,20,31H,3,11H2,1-2H3,(H,28,30)(H2,26,27,37)/t20-/m0/s1. The van der Waals surface area contributed by atoms with E-state index in [4.69, 9.17) is 33.3 Å². The fourth-order valence-electron chi connectivity index (χ4n) is 3.45. The van der Waals surface area contributed by atoms with E-state index in [0.717, 1.165) is 12.3 Å². The minimum atomic E-state index is -0.795. The fourth-order valence-corrected chi connectivity index (χ4v) is 3.94. The second-order valence-electron chi connectivity index (χ2n) is 7.53. The molecule has 0 bridgehead atoms. The lowest BCUT2D eigenvalue weighted by Crippen LogP contribution is -2.45. The smallest absolute Gasteiger partial charge is 0.338 e. The number of phenolic OH excluding ortho intramolecular Hbond substituents is 1. The molecule has 0 saturated heterocycles. The van der Waals surface area contributed by atoms with E-state index in [2.05, 4.69) is 21.2 Å². The topological polar surface area (TPSA) is 164 Å². The van der Waals surface area contributed by atoms with Gasteiger partial charge in [0.1, 0.15) is 5.75 Å². The van der Waals surface area contributed by atoms with Crippen LogP contribution in [0.2, 0.25) is 5.02 Å². The number of carbonyl (C=O) groups is 2. The Balaban J connectivity index is 1.73. The maximum absolute atomic E-state index is 12.6. The predicted molar refractivity (Wildman–Crippen MR) is 138 cm³/mol. The molecular formula is C23H22ClN5O7S. The Labute approximate surface area is 221 Å². The normalized spacial score (nSPS) is 15.1. The first-order chi connectivity index (χ1) is 17.6. The third-order valence-electron chi connectivity index (χ3n) is 5.03. The first kappa shape index (κ1) is 27.4. The molecule has 1 aliphatic rings. The highest BCUT2D eigenvalue weighted by molar-refractivity contribution is 7.80. The molecule has 0 aromatic heterocycles. The van der Waals surface area contributed by atoms with Crippen LogP contribution in [0.1, 0.15) is 31.0 Å². The molecule has 0 saturated carbocycles. The van der Waals surface area contributed by atoms with Gasteiger partial charge in [0.2, 0.25) is 5.75 Å². The van der Waals surface area contributed by atoms with Crippen LogP contribution in [0.5, 0.6) is 11.5 Å². The number of carbonyl (C=O) groups excluding carboxylic acids is 2. The lowest BCUT2D eigenvalue weighted by atomic mass is 9.95. The van der Waals surface area contributed by atoms with Gasteiger partial charge in [0, 0.05) is 27.9 Å². The second-order valence-corrected chi connectivity index (χ2v) is 8.37. The number of hydrogen-bond acceptors (Lipinski definition) is 9. The summed E-state index contributed by atoms with van der Waals surface area (Å²) in [7, 11) is 0. The first-order valence-corrected chi connectivity index (χ1v) is 11.6. The number of hydrogen-bond donors (Lipinski definition) is 4. The van der Waals surface area contributed by atoms with Crippen molar-refractivity contribution in [2.45, 2.75) is 19.9 Å². The van der Waals surface area contributed by atoms with Crippen molar-refractivity contribution in [3.8, 4) is 11.5 Å². The van der Waals surface area contributed by atoms with Gasteiger partial charge in [-0.3, -0.25) is 14.9 Å². The summed E-state index contributed by atoms with van der Waals surface area (Å²) < 4.78 is 10.9. The van der Waals surface area contributed by atoms with Crippen LogP contribution in [0.15, 0.2) is 52.8 Å². The quantitative estimate of drug-likeness (QED) is 0.121. The second kappa shape index (κ2) is 12.1. The molecule has 1 amide bonds. The van der Waals surface area contributed by atoms with E-state index in [1.165, 1.54) is 6.07 Å². The molecule has 4 N–H and O–H groups in total. The van der Waals surface area contributed by atoms with Crippen LogP contribution < -0.4 is 20.8 Å². The predicted octanol–water partition coefficient (Wildman–Crippen LogP) is 2.84. The summed E-state index contributed by atoms with van der Waals surface area (Å²) in [5.41, 5.74) is 2.93. The molecule has 1 aliphatic heterocycles. The van der Waals surface area contributed by atoms with E-state index in [1.807, 2.05) is 0 Å². The number of rotatable bonds is 9. The molecule has 0 radical (unpaired) electrons. The van der Waals surface area contributed by atoms with Crippen LogP contribution in [0, 0.1) is 10.1 Å². The lowest BCUT2D eigenvalue weighted by molar-refractivity contribution is -0.385. The van der Waals surface area contributed by atoms with Crippen molar-refractivity contribution in [1.29, 1.82) is 0 Å². The molecule has 0 fully saturated rings. The van der Waals surface area contributed by atoms with Gasteiger partial charge < -0.3 is 25.2 Å². The largest absolute Gasteiger partial charge is 0.502 e. The van der Waals surface area contributed by atoms with Gasteiger partial charge in [-0.2, -0.15) is 5.10 Å². The first-order valence-electron chi connectivity index (χ1n) is 10.8. The monoisotopic (exact) mass is 547 g/mol. The molecule has 0 spiro atoms. The van der Waals surface area contributed by atoms with E-state index in [9.17, 15) is 24.8 Å². The van der Waals surface area contributed by atoms with Crippen molar-refractivity contribution in [3.05, 3.63) is 73.9 Å². The van der Waals surface area contributed by atoms with Crippen molar-refractivity contribution in [2.75, 3.05) is 13.2 Å². The van der Waals surface area contributed by atoms with E-state index in [1.54, 1.807) is 38.1 Å². The summed E-state index contributed by atoms with van der Waals surface area (Å²) >= 11 is 11.1. The number of esters is 1. The third-order valence-corrected chi connectivity index (χ3v) is 5.47. The van der Waals surface area contributed by atoms with Gasteiger partial charge in [0.05, 0.1) is 29.4 Å². The molecule has 14 heteroatoms. The number of halogens is 1. The number of benzene rings is 2. The van der Waals surface area contributed by atoms with Crippen LogP contribution in [0.25, 0.3) is 0 Å². The molecule has 3 rings (SSSR count). The zero-order valence-corrected chi connectivity index (χ0v) is 21.2. The van der Waals surface area contributed by atoms with Crippen molar-refractivity contribution in [3.63, 3.8) is 0 Å². The molecule has 2 aromatic rings. The van der Waals surface area contributed by atoms with Gasteiger partial charge in [0.25, 0.3) is 5.91 Å². The Bertz CT molecular complexity index is 1310. The summed E-state index contributed by atoms with van der Waals surface area (Å²) in [6.07, 6.45) is 1.01. The molecule has 37 heavy (non-hydrogen) atoms. The van der Waals surface area contributed by atoms with Crippen molar-refractivity contribution < 1.29 is 29.1 Å². The Hall–Kier alpha value is -4.23. The summed E-state index contributed by atoms with van der Waals surface area (Å²) in [4.78, 5) is 35.1. The average molecular weight is 548 g/mol. The van der Waals surface area contributed by atoms with Gasteiger partial charge in [-0.15, -0.1) is 0 Å². The average Bonchev–Trinajstić information content (AvgIpc) is 2.84. The number of hydrazone groups is 1. The SMILES string of the molecule is CCOC(=O)C1=C(C)NC(=S)N[C@H]1c1ccccc1OCC(=O)NN=Cc1cc(Cl)cc([N+](=O)[O-])c1O. The van der Waals surface area contributed by atoms with E-state index < -0.39 is 40.9 Å². The number of allylic oxidation sites excluding steroid dienone is 1. The fraction of sp³-hybridized carbons (Fsp3) is 0.217. The van der Waals surface area contributed by atoms with E-state index in [-0.39, 0.29) is 17.2 Å². The Morgan fingerprint density at radius 3 is 2.78 bits per heavy atom. The highest BCUT2D eigenvalue weighted by Gasteiger charge is 2.32. The zero-order valence-electron chi connectivity index (χ0n) is 19.6. The number of nitro benzene ring substituents is 1. The van der Waals surface area contributed by atoms with Gasteiger partial charge in [0.15, 0.2) is 11.7 Å². The lowest BCUT2D eigenvalue weighted by Gasteiger charge is -2.30. The van der Waals surface area contributed by atoms with Gasteiger partial charge in [-0.25, -0.2) is 10.2 Å². The molecule has 12 nitrogen and oxygen atoms in total. The highest BCUT2D eigenvalue weighted by atomic mass is 35.5. The van der Waals surface area contributed by atoms with Crippen molar-refractivity contribution >= 4 is 52.7 Å². The van der Waals surface area contributed by atoms with Crippen LogP contribution in [0.4, 0.5) is 5.69 Å². The molecular weight excluding hydrogens is 526 g/mol. The number of thiocarbonyl (C=S) groups is 1. The van der Waals surface area contributed by atoms with Crippen LogP contribution in [-0.2, 0) is 14.3 Å². The van der Waals surface area contributed by atoms with Crippen LogP contribution in [0.3, 0.4) is 0 Å². The molecule has 0 unspecified atom stereocenters. The van der Waals surface area contributed by atoms with Gasteiger partial charge >= 0.3 is 11.7 Å². The van der Waals surface area contributed by atoms with Crippen LogP contribution >= 0.6 is 23.8 Å². The number of aromatic hydroxyl groups is 1. The number of phenols is 1. The van der Waals surface area contributed by atoms with Crippen molar-refractivity contribution in [2.24, 2.45) is 5.10 Å². The number of nitrogens with zero attached hydrogens (tertiary/aromatic N) is 2. The summed E-state index contributed by atoms with van der Waals surface area (Å²) in [5.74, 6) is -1.53. The highest BCUT2D eigenvalue weighted by Crippen LogP contribution is 2.34. The Morgan fingerprint density at radius 1 is 1.35 bits per heavy atom. The number of amides is 1. The van der Waals surface area contributed by atoms with Gasteiger partial charge in [-0.05, 0) is 38.2 Å². The van der Waals surface area contributed by atoms with Crippen LogP contribution in [-0.4, -0.2) is 46.4 Å². The Morgan fingerprint density at radius 2 is 2.08 bits per heavy atom. The number of nitro groups is 1. The molecule has 194 valence electrons.